The number of aryl methyl sites for hydroxylation is 1. The van der Waals surface area contributed by atoms with E-state index < -0.39 is 0 Å². The van der Waals surface area contributed by atoms with Gasteiger partial charge in [0.15, 0.2) is 0 Å². The minimum atomic E-state index is 0.703. The lowest BCUT2D eigenvalue weighted by molar-refractivity contribution is 0.223. The van der Waals surface area contributed by atoms with Gasteiger partial charge < -0.3 is 4.74 Å². The van der Waals surface area contributed by atoms with Crippen molar-refractivity contribution in [1.82, 2.24) is 0 Å². The van der Waals surface area contributed by atoms with Crippen LogP contribution in [-0.4, -0.2) is 6.61 Å². The molecule has 2 aromatic carbocycles. The second kappa shape index (κ2) is 13.6. The number of hydrogen-bond acceptors (Lipinski definition) is 1. The summed E-state index contributed by atoms with van der Waals surface area (Å²) in [5, 5.41) is 2.62. The lowest BCUT2D eigenvalue weighted by Gasteiger charge is -2.19. The SMILES string of the molecule is CCCCCCCCC(CCCCCC)COc1ccc2ccccc2c1C. The summed E-state index contributed by atoms with van der Waals surface area (Å²) in [6, 6.07) is 13.0. The van der Waals surface area contributed by atoms with Gasteiger partial charge in [-0.25, -0.2) is 0 Å². The molecule has 2 rings (SSSR count). The summed E-state index contributed by atoms with van der Waals surface area (Å²) >= 11 is 0. The maximum absolute atomic E-state index is 6.36. The highest BCUT2D eigenvalue weighted by Gasteiger charge is 2.12. The van der Waals surface area contributed by atoms with Gasteiger partial charge in [0.1, 0.15) is 5.75 Å². The van der Waals surface area contributed by atoms with Crippen LogP contribution in [0.25, 0.3) is 10.8 Å². The number of hydrogen-bond donors (Lipinski definition) is 0. The van der Waals surface area contributed by atoms with Crippen LogP contribution < -0.4 is 4.74 Å². The molecule has 0 saturated carbocycles. The predicted molar refractivity (Wildman–Crippen MR) is 124 cm³/mol. The maximum Gasteiger partial charge on any atom is 0.122 e. The van der Waals surface area contributed by atoms with E-state index in [4.69, 9.17) is 4.74 Å². The maximum atomic E-state index is 6.36. The molecule has 0 aromatic heterocycles. The molecule has 1 unspecified atom stereocenters. The van der Waals surface area contributed by atoms with Gasteiger partial charge in [0.2, 0.25) is 0 Å². The quantitative estimate of drug-likeness (QED) is 0.279. The zero-order chi connectivity index (χ0) is 20.0. The molecule has 0 spiro atoms. The molecule has 0 amide bonds. The van der Waals surface area contributed by atoms with E-state index in [0.29, 0.717) is 5.92 Å². The highest BCUT2D eigenvalue weighted by Crippen LogP contribution is 2.28. The first kappa shape index (κ1) is 22.8. The minimum absolute atomic E-state index is 0.703. The van der Waals surface area contributed by atoms with Gasteiger partial charge in [-0.2, -0.15) is 0 Å². The van der Waals surface area contributed by atoms with Crippen LogP contribution in [0.4, 0.5) is 0 Å². The highest BCUT2D eigenvalue weighted by atomic mass is 16.5. The topological polar surface area (TPSA) is 9.23 Å². The summed E-state index contributed by atoms with van der Waals surface area (Å²) in [6.07, 6.45) is 16.3. The Balaban J connectivity index is 1.86. The molecule has 0 aliphatic heterocycles. The summed E-state index contributed by atoms with van der Waals surface area (Å²) in [7, 11) is 0. The summed E-state index contributed by atoms with van der Waals surface area (Å²) in [6.45, 7) is 7.65. The Morgan fingerprint density at radius 3 is 2.04 bits per heavy atom. The lowest BCUT2D eigenvalue weighted by Crippen LogP contribution is -2.13. The van der Waals surface area contributed by atoms with Gasteiger partial charge in [0, 0.05) is 0 Å². The van der Waals surface area contributed by atoms with E-state index in [9.17, 15) is 0 Å². The number of rotatable bonds is 15. The number of unbranched alkanes of at least 4 members (excludes halogenated alkanes) is 8. The molecule has 0 aliphatic carbocycles. The van der Waals surface area contributed by atoms with Crippen molar-refractivity contribution in [3.05, 3.63) is 42.0 Å². The number of benzene rings is 2. The minimum Gasteiger partial charge on any atom is -0.493 e. The second-order valence-corrected chi connectivity index (χ2v) is 8.49. The van der Waals surface area contributed by atoms with Crippen molar-refractivity contribution in [2.75, 3.05) is 6.61 Å². The summed E-state index contributed by atoms with van der Waals surface area (Å²) < 4.78 is 6.36. The Kier molecular flexibility index (Phi) is 11.1. The molecule has 1 nitrogen and oxygen atoms in total. The first-order chi connectivity index (χ1) is 13.8. The Labute approximate surface area is 173 Å². The fourth-order valence-electron chi connectivity index (χ4n) is 4.16. The molecule has 0 saturated heterocycles. The molecule has 28 heavy (non-hydrogen) atoms. The van der Waals surface area contributed by atoms with Crippen molar-refractivity contribution < 1.29 is 4.74 Å². The first-order valence-electron chi connectivity index (χ1n) is 11.9. The molecule has 1 heteroatoms. The average Bonchev–Trinajstić information content (AvgIpc) is 2.72. The smallest absolute Gasteiger partial charge is 0.122 e. The van der Waals surface area contributed by atoms with Crippen molar-refractivity contribution >= 4 is 10.8 Å². The van der Waals surface area contributed by atoms with E-state index in [2.05, 4.69) is 57.2 Å². The van der Waals surface area contributed by atoms with E-state index in [1.807, 2.05) is 0 Å². The molecule has 0 radical (unpaired) electrons. The summed E-state index contributed by atoms with van der Waals surface area (Å²) in [5.74, 6) is 1.77. The van der Waals surface area contributed by atoms with Crippen molar-refractivity contribution in [3.63, 3.8) is 0 Å². The average molecular weight is 383 g/mol. The molecular formula is C27H42O. The van der Waals surface area contributed by atoms with E-state index in [0.717, 1.165) is 12.4 Å². The normalized spacial score (nSPS) is 12.4. The van der Waals surface area contributed by atoms with Crippen LogP contribution in [-0.2, 0) is 0 Å². The van der Waals surface area contributed by atoms with Crippen LogP contribution in [0, 0.1) is 12.8 Å². The van der Waals surface area contributed by atoms with E-state index in [1.165, 1.54) is 93.4 Å². The monoisotopic (exact) mass is 382 g/mol. The Morgan fingerprint density at radius 1 is 0.714 bits per heavy atom. The third kappa shape index (κ3) is 7.86. The van der Waals surface area contributed by atoms with Gasteiger partial charge in [-0.15, -0.1) is 0 Å². The van der Waals surface area contributed by atoms with Crippen molar-refractivity contribution in [2.45, 2.75) is 97.8 Å². The van der Waals surface area contributed by atoms with Gasteiger partial charge in [-0.05, 0) is 48.1 Å². The molecule has 1 atom stereocenters. The Bertz CT molecular complexity index is 660. The fraction of sp³-hybridized carbons (Fsp3) is 0.630. The van der Waals surface area contributed by atoms with Crippen LogP contribution in [0.3, 0.4) is 0 Å². The van der Waals surface area contributed by atoms with Gasteiger partial charge in [-0.3, -0.25) is 0 Å². The summed E-state index contributed by atoms with van der Waals surface area (Å²) in [5.41, 5.74) is 1.28. The standard InChI is InChI=1S/C27H42O/c1-4-6-8-10-11-13-17-24(16-12-9-7-5-2)22-28-27-21-20-25-18-14-15-19-26(25)23(27)3/h14-15,18-21,24H,4-13,16-17,22H2,1-3H3. The van der Waals surface area contributed by atoms with Crippen LogP contribution >= 0.6 is 0 Å². The molecule has 0 heterocycles. The molecule has 156 valence electrons. The predicted octanol–water partition coefficient (Wildman–Crippen LogP) is 8.86. The molecule has 0 aliphatic rings. The van der Waals surface area contributed by atoms with Gasteiger partial charge in [-0.1, -0.05) is 108 Å². The van der Waals surface area contributed by atoms with Gasteiger partial charge in [0.25, 0.3) is 0 Å². The van der Waals surface area contributed by atoms with E-state index in [-0.39, 0.29) is 0 Å². The third-order valence-electron chi connectivity index (χ3n) is 6.06. The highest BCUT2D eigenvalue weighted by molar-refractivity contribution is 5.87. The van der Waals surface area contributed by atoms with E-state index >= 15 is 0 Å². The zero-order valence-corrected chi connectivity index (χ0v) is 18.6. The number of ether oxygens (including phenoxy) is 1. The zero-order valence-electron chi connectivity index (χ0n) is 18.6. The second-order valence-electron chi connectivity index (χ2n) is 8.49. The van der Waals surface area contributed by atoms with Crippen molar-refractivity contribution in [3.8, 4) is 5.75 Å². The molecular weight excluding hydrogens is 340 g/mol. The first-order valence-corrected chi connectivity index (χ1v) is 11.9. The molecule has 0 N–H and O–H groups in total. The van der Waals surface area contributed by atoms with Crippen molar-refractivity contribution in [1.29, 1.82) is 0 Å². The largest absolute Gasteiger partial charge is 0.493 e. The Hall–Kier alpha value is -1.50. The number of fused-ring (bicyclic) bond motifs is 1. The molecule has 0 bridgehead atoms. The van der Waals surface area contributed by atoms with Crippen LogP contribution in [0.2, 0.25) is 0 Å². The summed E-state index contributed by atoms with van der Waals surface area (Å²) in [4.78, 5) is 0. The van der Waals surface area contributed by atoms with Crippen LogP contribution in [0.15, 0.2) is 36.4 Å². The van der Waals surface area contributed by atoms with Gasteiger partial charge in [0.05, 0.1) is 6.61 Å². The van der Waals surface area contributed by atoms with Crippen molar-refractivity contribution in [2.24, 2.45) is 5.92 Å². The Morgan fingerprint density at radius 2 is 1.32 bits per heavy atom. The van der Waals surface area contributed by atoms with E-state index in [1.54, 1.807) is 0 Å². The molecule has 0 fully saturated rings. The molecule has 2 aromatic rings. The third-order valence-corrected chi connectivity index (χ3v) is 6.06. The van der Waals surface area contributed by atoms with Crippen LogP contribution in [0.5, 0.6) is 5.75 Å². The lowest BCUT2D eigenvalue weighted by atomic mass is 9.95. The fourth-order valence-corrected chi connectivity index (χ4v) is 4.16. The van der Waals surface area contributed by atoms with Gasteiger partial charge >= 0.3 is 0 Å². The van der Waals surface area contributed by atoms with Crippen LogP contribution in [0.1, 0.15) is 96.5 Å².